The Morgan fingerprint density at radius 3 is 2.71 bits per heavy atom. The number of nitrogens with one attached hydrogen (secondary N) is 2. The van der Waals surface area contributed by atoms with Crippen molar-refractivity contribution in [2.75, 3.05) is 6.54 Å². The van der Waals surface area contributed by atoms with Crippen LogP contribution in [0, 0.1) is 0 Å². The van der Waals surface area contributed by atoms with Gasteiger partial charge in [-0.2, -0.15) is 0 Å². The van der Waals surface area contributed by atoms with Crippen LogP contribution in [0.2, 0.25) is 0 Å². The number of amides is 2. The first-order chi connectivity index (χ1) is 11.7. The Bertz CT molecular complexity index is 721. The van der Waals surface area contributed by atoms with E-state index in [0.29, 0.717) is 31.2 Å². The Morgan fingerprint density at radius 2 is 1.96 bits per heavy atom. The van der Waals surface area contributed by atoms with Crippen LogP contribution in [0.15, 0.2) is 42.5 Å². The van der Waals surface area contributed by atoms with Crippen molar-refractivity contribution in [3.05, 3.63) is 53.6 Å². The number of hydrogen-bond acceptors (Lipinski definition) is 4. The monoisotopic (exact) mass is 326 g/mol. The fourth-order valence-electron chi connectivity index (χ4n) is 2.49. The maximum atomic E-state index is 11.4. The fourth-order valence-corrected chi connectivity index (χ4v) is 2.49. The molecule has 1 heterocycles. The van der Waals surface area contributed by atoms with E-state index >= 15 is 0 Å². The molecule has 0 radical (unpaired) electrons. The average molecular weight is 326 g/mol. The summed E-state index contributed by atoms with van der Waals surface area (Å²) in [4.78, 5) is 11.4. The van der Waals surface area contributed by atoms with E-state index in [1.165, 1.54) is 0 Å². The molecule has 1 aliphatic heterocycles. The van der Waals surface area contributed by atoms with E-state index < -0.39 is 7.12 Å². The summed E-state index contributed by atoms with van der Waals surface area (Å²) in [6, 6.07) is 12.8. The van der Waals surface area contributed by atoms with Crippen molar-refractivity contribution in [2.45, 2.75) is 20.1 Å². The van der Waals surface area contributed by atoms with Crippen LogP contribution >= 0.6 is 0 Å². The van der Waals surface area contributed by atoms with Crippen LogP contribution in [-0.2, 0) is 17.8 Å². The molecular weight excluding hydrogens is 307 g/mol. The zero-order valence-electron chi connectivity index (χ0n) is 13.4. The maximum Gasteiger partial charge on any atom is 0.491 e. The molecule has 0 atom stereocenters. The van der Waals surface area contributed by atoms with Gasteiger partial charge in [0.25, 0.3) is 0 Å². The maximum absolute atomic E-state index is 11.4. The first-order valence-electron chi connectivity index (χ1n) is 7.86. The highest BCUT2D eigenvalue weighted by Crippen LogP contribution is 2.24. The first kappa shape index (κ1) is 16.4. The molecule has 0 fully saturated rings. The van der Waals surface area contributed by atoms with Gasteiger partial charge in [0.2, 0.25) is 0 Å². The summed E-state index contributed by atoms with van der Waals surface area (Å²) in [6.45, 7) is 3.32. The van der Waals surface area contributed by atoms with Gasteiger partial charge in [-0.3, -0.25) is 0 Å². The van der Waals surface area contributed by atoms with Crippen LogP contribution in [-0.4, -0.2) is 24.7 Å². The second kappa shape index (κ2) is 7.38. The summed E-state index contributed by atoms with van der Waals surface area (Å²) in [5.41, 5.74) is 2.70. The SMILES string of the molecule is CCNC(=O)NCc1ccc(Oc2ccc3c(c2)COB3O)cc1. The second-order valence-corrected chi connectivity index (χ2v) is 5.48. The Labute approximate surface area is 140 Å². The van der Waals surface area contributed by atoms with Gasteiger partial charge in [-0.25, -0.2) is 4.79 Å². The lowest BCUT2D eigenvalue weighted by Gasteiger charge is -2.09. The van der Waals surface area contributed by atoms with E-state index in [9.17, 15) is 9.82 Å². The standard InChI is InChI=1S/C17H19BN2O4/c1-2-19-17(21)20-10-12-3-5-14(6-4-12)24-15-7-8-16-13(9-15)11-23-18(16)22/h3-9,22H,2,10-11H2,1H3,(H2,19,20,21). The molecule has 0 aliphatic carbocycles. The predicted octanol–water partition coefficient (Wildman–Crippen LogP) is 1.52. The Hall–Kier alpha value is -2.51. The summed E-state index contributed by atoms with van der Waals surface area (Å²) in [6.07, 6.45) is 0. The number of rotatable bonds is 5. The minimum absolute atomic E-state index is 0.180. The molecule has 0 unspecified atom stereocenters. The largest absolute Gasteiger partial charge is 0.491 e. The van der Waals surface area contributed by atoms with Crippen molar-refractivity contribution in [1.82, 2.24) is 10.6 Å². The molecule has 2 amide bonds. The molecular formula is C17H19BN2O4. The summed E-state index contributed by atoms with van der Waals surface area (Å²) in [7, 11) is -0.842. The van der Waals surface area contributed by atoms with Gasteiger partial charge >= 0.3 is 13.1 Å². The molecule has 3 rings (SSSR count). The number of benzene rings is 2. The summed E-state index contributed by atoms with van der Waals surface area (Å²) < 4.78 is 11.0. The zero-order chi connectivity index (χ0) is 16.9. The molecule has 2 aromatic carbocycles. The molecule has 0 aromatic heterocycles. The third-order valence-corrected chi connectivity index (χ3v) is 3.73. The van der Waals surface area contributed by atoms with E-state index in [2.05, 4.69) is 10.6 Å². The highest BCUT2D eigenvalue weighted by Gasteiger charge is 2.27. The van der Waals surface area contributed by atoms with Crippen molar-refractivity contribution in [1.29, 1.82) is 0 Å². The smallest absolute Gasteiger partial charge is 0.457 e. The number of urea groups is 1. The fraction of sp³-hybridized carbons (Fsp3) is 0.235. The summed E-state index contributed by atoms with van der Waals surface area (Å²) >= 11 is 0. The van der Waals surface area contributed by atoms with Crippen molar-refractivity contribution < 1.29 is 19.2 Å². The van der Waals surface area contributed by atoms with Gasteiger partial charge in [0.05, 0.1) is 6.61 Å². The minimum atomic E-state index is -0.842. The number of fused-ring (bicyclic) bond motifs is 1. The molecule has 124 valence electrons. The molecule has 7 heteroatoms. The number of hydrogen-bond donors (Lipinski definition) is 3. The molecule has 6 nitrogen and oxygen atoms in total. The second-order valence-electron chi connectivity index (χ2n) is 5.48. The number of carbonyl (C=O) groups excluding carboxylic acids is 1. The summed E-state index contributed by atoms with van der Waals surface area (Å²) in [5, 5.41) is 15.1. The van der Waals surface area contributed by atoms with Gasteiger partial charge in [-0.15, -0.1) is 0 Å². The Kier molecular flexibility index (Phi) is 5.03. The van der Waals surface area contributed by atoms with Gasteiger partial charge in [-0.1, -0.05) is 18.2 Å². The molecule has 0 bridgehead atoms. The normalized spacial score (nSPS) is 12.7. The van der Waals surface area contributed by atoms with Gasteiger partial charge in [-0.05, 0) is 47.8 Å². The lowest BCUT2D eigenvalue weighted by Crippen LogP contribution is -2.34. The van der Waals surface area contributed by atoms with Crippen LogP contribution in [0.4, 0.5) is 4.79 Å². The van der Waals surface area contributed by atoms with Gasteiger partial charge in [0.1, 0.15) is 11.5 Å². The first-order valence-corrected chi connectivity index (χ1v) is 7.86. The van der Waals surface area contributed by atoms with Crippen molar-refractivity contribution in [3.8, 4) is 11.5 Å². The van der Waals surface area contributed by atoms with Crippen LogP contribution in [0.5, 0.6) is 11.5 Å². The van der Waals surface area contributed by atoms with Crippen molar-refractivity contribution >= 4 is 18.6 Å². The van der Waals surface area contributed by atoms with Gasteiger partial charge < -0.3 is 25.0 Å². The topological polar surface area (TPSA) is 79.8 Å². The van der Waals surface area contributed by atoms with E-state index in [4.69, 9.17) is 9.39 Å². The van der Waals surface area contributed by atoms with E-state index in [0.717, 1.165) is 16.6 Å². The van der Waals surface area contributed by atoms with E-state index in [1.807, 2.05) is 43.3 Å². The average Bonchev–Trinajstić information content (AvgIpc) is 2.95. The molecule has 0 saturated heterocycles. The number of carbonyl (C=O) groups is 1. The van der Waals surface area contributed by atoms with Crippen molar-refractivity contribution in [3.63, 3.8) is 0 Å². The minimum Gasteiger partial charge on any atom is -0.457 e. The lowest BCUT2D eigenvalue weighted by molar-refractivity contribution is 0.241. The third kappa shape index (κ3) is 3.87. The van der Waals surface area contributed by atoms with Gasteiger partial charge in [0, 0.05) is 13.1 Å². The molecule has 2 aromatic rings. The molecule has 24 heavy (non-hydrogen) atoms. The molecule has 1 aliphatic rings. The van der Waals surface area contributed by atoms with Crippen LogP contribution in [0.25, 0.3) is 0 Å². The van der Waals surface area contributed by atoms with Crippen LogP contribution in [0.3, 0.4) is 0 Å². The predicted molar refractivity (Wildman–Crippen MR) is 91.3 cm³/mol. The quantitative estimate of drug-likeness (QED) is 0.728. The van der Waals surface area contributed by atoms with Crippen molar-refractivity contribution in [2.24, 2.45) is 0 Å². The van der Waals surface area contributed by atoms with E-state index in [1.54, 1.807) is 6.07 Å². The van der Waals surface area contributed by atoms with Gasteiger partial charge in [0.15, 0.2) is 0 Å². The molecule has 0 saturated carbocycles. The Balaban J connectivity index is 1.59. The third-order valence-electron chi connectivity index (χ3n) is 3.73. The van der Waals surface area contributed by atoms with Crippen LogP contribution in [0.1, 0.15) is 18.1 Å². The number of ether oxygens (including phenoxy) is 1. The summed E-state index contributed by atoms with van der Waals surface area (Å²) in [5.74, 6) is 1.40. The van der Waals surface area contributed by atoms with E-state index in [-0.39, 0.29) is 6.03 Å². The molecule has 3 N–H and O–H groups in total. The lowest BCUT2D eigenvalue weighted by atomic mass is 9.80. The molecule has 0 spiro atoms. The van der Waals surface area contributed by atoms with Crippen LogP contribution < -0.4 is 20.8 Å². The Morgan fingerprint density at radius 1 is 1.21 bits per heavy atom. The highest BCUT2D eigenvalue weighted by molar-refractivity contribution is 6.61. The highest BCUT2D eigenvalue weighted by atomic mass is 16.5. The zero-order valence-corrected chi connectivity index (χ0v) is 13.4.